The minimum atomic E-state index is 0.173. The number of halogens is 1. The second-order valence-corrected chi connectivity index (χ2v) is 3.81. The van der Waals surface area contributed by atoms with Gasteiger partial charge in [-0.2, -0.15) is 0 Å². The van der Waals surface area contributed by atoms with Crippen LogP contribution in [0.2, 0.25) is 0 Å². The molecule has 0 aromatic heterocycles. The zero-order chi connectivity index (χ0) is 11.3. The Morgan fingerprint density at radius 1 is 1.60 bits per heavy atom. The average Bonchev–Trinajstić information content (AvgIpc) is 2.26. The van der Waals surface area contributed by atoms with Crippen LogP contribution in [0, 0.1) is 15.9 Å². The molecule has 0 heterocycles. The lowest BCUT2D eigenvalue weighted by molar-refractivity contribution is 0.112. The van der Waals surface area contributed by atoms with Gasteiger partial charge in [-0.25, -0.2) is 0 Å². The Bertz CT molecular complexity index is 407. The van der Waals surface area contributed by atoms with Crippen LogP contribution in [-0.4, -0.2) is 20.0 Å². The number of benzene rings is 1. The molecule has 0 radical (unpaired) electrons. The number of terminal acetylenes is 1. The molecule has 0 aliphatic carbocycles. The molecule has 4 heteroatoms. The number of carbonyl (C=O) groups is 1. The number of methoxy groups -OCH3 is 1. The fourth-order valence-corrected chi connectivity index (χ4v) is 1.84. The van der Waals surface area contributed by atoms with E-state index < -0.39 is 0 Å². The second-order valence-electron chi connectivity index (χ2n) is 2.64. The monoisotopic (exact) mass is 316 g/mol. The van der Waals surface area contributed by atoms with E-state index in [0.717, 1.165) is 9.86 Å². The summed E-state index contributed by atoms with van der Waals surface area (Å²) < 4.78 is 11.2. The van der Waals surface area contributed by atoms with E-state index in [0.29, 0.717) is 17.1 Å². The third-order valence-corrected chi connectivity index (χ3v) is 2.49. The van der Waals surface area contributed by atoms with Crippen molar-refractivity contribution >= 4 is 28.9 Å². The van der Waals surface area contributed by atoms with Crippen LogP contribution in [0.4, 0.5) is 0 Å². The number of hydrogen-bond donors (Lipinski definition) is 0. The van der Waals surface area contributed by atoms with Crippen molar-refractivity contribution in [3.05, 3.63) is 21.3 Å². The molecule has 0 amide bonds. The molecule has 0 bridgehead atoms. The van der Waals surface area contributed by atoms with Crippen molar-refractivity contribution in [3.8, 4) is 23.8 Å². The highest BCUT2D eigenvalue weighted by atomic mass is 127. The van der Waals surface area contributed by atoms with Crippen LogP contribution < -0.4 is 9.47 Å². The molecular formula is C11H9IO3. The normalized spacial score (nSPS) is 9.13. The maximum atomic E-state index is 10.6. The molecule has 0 fully saturated rings. The quantitative estimate of drug-likeness (QED) is 0.485. The van der Waals surface area contributed by atoms with Crippen molar-refractivity contribution in [3.63, 3.8) is 0 Å². The number of ether oxygens (including phenoxy) is 2. The molecule has 3 nitrogen and oxygen atoms in total. The van der Waals surface area contributed by atoms with E-state index >= 15 is 0 Å². The highest BCUT2D eigenvalue weighted by molar-refractivity contribution is 14.1. The minimum absolute atomic E-state index is 0.173. The van der Waals surface area contributed by atoms with Gasteiger partial charge in [-0.05, 0) is 34.7 Å². The van der Waals surface area contributed by atoms with E-state index in [1.807, 2.05) is 0 Å². The third-order valence-electron chi connectivity index (χ3n) is 1.69. The first-order valence-electron chi connectivity index (χ1n) is 4.12. The van der Waals surface area contributed by atoms with Gasteiger partial charge in [0.25, 0.3) is 0 Å². The Kier molecular flexibility index (Phi) is 4.43. The minimum Gasteiger partial charge on any atom is -0.493 e. The Labute approximate surface area is 102 Å². The summed E-state index contributed by atoms with van der Waals surface area (Å²) in [4.78, 5) is 10.6. The maximum absolute atomic E-state index is 10.6. The van der Waals surface area contributed by atoms with E-state index in [4.69, 9.17) is 15.9 Å². The summed E-state index contributed by atoms with van der Waals surface area (Å²) in [5, 5.41) is 0. The second kappa shape index (κ2) is 5.61. The molecule has 0 N–H and O–H groups in total. The molecule has 1 rings (SSSR count). The molecule has 15 heavy (non-hydrogen) atoms. The lowest BCUT2D eigenvalue weighted by Gasteiger charge is -2.11. The molecule has 0 spiro atoms. The zero-order valence-electron chi connectivity index (χ0n) is 8.12. The van der Waals surface area contributed by atoms with Gasteiger partial charge in [-0.1, -0.05) is 5.92 Å². The number of aldehydes is 1. The number of carbonyl (C=O) groups excluding carboxylic acids is 1. The van der Waals surface area contributed by atoms with Gasteiger partial charge in [-0.3, -0.25) is 4.79 Å². The predicted molar refractivity (Wildman–Crippen MR) is 65.4 cm³/mol. The van der Waals surface area contributed by atoms with E-state index in [2.05, 4.69) is 28.5 Å². The SMILES string of the molecule is C#CCOc1c(I)cc(C=O)cc1OC. The van der Waals surface area contributed by atoms with E-state index in [-0.39, 0.29) is 6.61 Å². The van der Waals surface area contributed by atoms with Gasteiger partial charge in [0.05, 0.1) is 10.7 Å². The Morgan fingerprint density at radius 3 is 2.87 bits per heavy atom. The van der Waals surface area contributed by atoms with Crippen molar-refractivity contribution in [2.75, 3.05) is 13.7 Å². The summed E-state index contributed by atoms with van der Waals surface area (Å²) in [6.45, 7) is 0.173. The summed E-state index contributed by atoms with van der Waals surface area (Å²) in [5.74, 6) is 3.46. The van der Waals surface area contributed by atoms with Gasteiger partial charge in [0.2, 0.25) is 0 Å². The van der Waals surface area contributed by atoms with Crippen molar-refractivity contribution in [2.45, 2.75) is 0 Å². The van der Waals surface area contributed by atoms with Gasteiger partial charge in [-0.15, -0.1) is 6.42 Å². The van der Waals surface area contributed by atoms with Gasteiger partial charge in [0.1, 0.15) is 12.9 Å². The number of rotatable bonds is 4. The highest BCUT2D eigenvalue weighted by Crippen LogP contribution is 2.33. The first-order valence-corrected chi connectivity index (χ1v) is 5.19. The van der Waals surface area contributed by atoms with Crippen LogP contribution in [0.1, 0.15) is 10.4 Å². The van der Waals surface area contributed by atoms with Gasteiger partial charge in [0, 0.05) is 5.56 Å². The van der Waals surface area contributed by atoms with E-state index in [1.165, 1.54) is 7.11 Å². The number of hydrogen-bond acceptors (Lipinski definition) is 3. The molecule has 0 atom stereocenters. The predicted octanol–water partition coefficient (Wildman–Crippen LogP) is 2.12. The Morgan fingerprint density at radius 2 is 2.33 bits per heavy atom. The van der Waals surface area contributed by atoms with Crippen LogP contribution in [0.3, 0.4) is 0 Å². The lowest BCUT2D eigenvalue weighted by atomic mass is 10.2. The van der Waals surface area contributed by atoms with Crippen LogP contribution in [0.5, 0.6) is 11.5 Å². The molecule has 0 aliphatic rings. The largest absolute Gasteiger partial charge is 0.493 e. The smallest absolute Gasteiger partial charge is 0.175 e. The van der Waals surface area contributed by atoms with E-state index in [9.17, 15) is 4.79 Å². The topological polar surface area (TPSA) is 35.5 Å². The van der Waals surface area contributed by atoms with Gasteiger partial charge < -0.3 is 9.47 Å². The van der Waals surface area contributed by atoms with Crippen molar-refractivity contribution in [1.29, 1.82) is 0 Å². The van der Waals surface area contributed by atoms with Crippen LogP contribution >= 0.6 is 22.6 Å². The fourth-order valence-electron chi connectivity index (χ4n) is 1.06. The van der Waals surface area contributed by atoms with Crippen molar-refractivity contribution < 1.29 is 14.3 Å². The summed E-state index contributed by atoms with van der Waals surface area (Å²) >= 11 is 2.07. The molecule has 78 valence electrons. The fraction of sp³-hybridized carbons (Fsp3) is 0.182. The molecule has 0 saturated carbocycles. The van der Waals surface area contributed by atoms with E-state index in [1.54, 1.807) is 12.1 Å². The molecule has 0 saturated heterocycles. The van der Waals surface area contributed by atoms with Gasteiger partial charge >= 0.3 is 0 Å². The summed E-state index contributed by atoms with van der Waals surface area (Å²) in [7, 11) is 1.52. The summed E-state index contributed by atoms with van der Waals surface area (Å²) in [6.07, 6.45) is 5.86. The maximum Gasteiger partial charge on any atom is 0.175 e. The molecule has 1 aromatic carbocycles. The zero-order valence-corrected chi connectivity index (χ0v) is 10.3. The molecular weight excluding hydrogens is 307 g/mol. The first-order chi connectivity index (χ1) is 7.22. The van der Waals surface area contributed by atoms with Gasteiger partial charge in [0.15, 0.2) is 11.5 Å². The summed E-state index contributed by atoms with van der Waals surface area (Å²) in [5.41, 5.74) is 0.546. The van der Waals surface area contributed by atoms with Crippen LogP contribution in [-0.2, 0) is 0 Å². The van der Waals surface area contributed by atoms with Crippen molar-refractivity contribution in [1.82, 2.24) is 0 Å². The third kappa shape index (κ3) is 2.86. The molecule has 0 unspecified atom stereocenters. The highest BCUT2D eigenvalue weighted by Gasteiger charge is 2.10. The van der Waals surface area contributed by atoms with Crippen molar-refractivity contribution in [2.24, 2.45) is 0 Å². The Balaban J connectivity index is 3.13. The first kappa shape index (κ1) is 11.9. The lowest BCUT2D eigenvalue weighted by Crippen LogP contribution is -2.00. The van der Waals surface area contributed by atoms with Crippen LogP contribution in [0.25, 0.3) is 0 Å². The average molecular weight is 316 g/mol. The molecule has 1 aromatic rings. The summed E-state index contributed by atoms with van der Waals surface area (Å²) in [6, 6.07) is 3.32. The van der Waals surface area contributed by atoms with Crippen LogP contribution in [0.15, 0.2) is 12.1 Å². The standard InChI is InChI=1S/C11H9IO3/c1-3-4-15-11-9(12)5-8(7-13)6-10(11)14-2/h1,5-7H,4H2,2H3. The molecule has 0 aliphatic heterocycles. The Hall–Kier alpha value is -1.22.